The predicted molar refractivity (Wildman–Crippen MR) is 239 cm³/mol. The molecular weight excluding hydrogens is 873 g/mol. The van der Waals surface area contributed by atoms with Crippen molar-refractivity contribution in [3.8, 4) is 5.75 Å². The van der Waals surface area contributed by atoms with E-state index in [2.05, 4.69) is 5.32 Å². The van der Waals surface area contributed by atoms with E-state index < -0.39 is 87.5 Å². The smallest absolute Gasteiger partial charge is 0.343 e. The van der Waals surface area contributed by atoms with Crippen LogP contribution in [0.15, 0.2) is 53.0 Å². The van der Waals surface area contributed by atoms with Crippen LogP contribution in [-0.4, -0.2) is 114 Å². The number of methoxy groups -OCH3 is 1. The Bertz CT molecular complexity index is 2560. The van der Waals surface area contributed by atoms with Gasteiger partial charge in [0.2, 0.25) is 11.2 Å². The molecule has 10 atom stereocenters. The molecule has 3 heterocycles. The number of hydrogen-bond donors (Lipinski definition) is 3. The maximum atomic E-state index is 17.5. The van der Waals surface area contributed by atoms with Gasteiger partial charge in [-0.3, -0.25) is 14.4 Å². The summed E-state index contributed by atoms with van der Waals surface area (Å²) in [6, 6.07) is 1.40. The van der Waals surface area contributed by atoms with Gasteiger partial charge in [0.1, 0.15) is 16.9 Å². The van der Waals surface area contributed by atoms with Crippen molar-refractivity contribution in [2.75, 3.05) is 51.5 Å². The normalized spacial score (nSPS) is 34.2. The Kier molecular flexibility index (Phi) is 12.1. The molecule has 7 aliphatic rings. The SMILES string of the molecule is COc1c(N2C[C@H]3CCCN[C@H]3C2)c(F)cc2c(=O)c(C(=O)OCCCOC(=O)C=CC(=O)OCC(=O)[C@@]3(O)[C@H](C)C[C@H]4[C@@H]5CCC6=CC(=O)C=C[C@]6(C)[C@@]5(F)[C@@H](O)C[C@@]43C)cn(C3CC3)c12. The molecule has 67 heavy (non-hydrogen) atoms. The van der Waals surface area contributed by atoms with Crippen LogP contribution in [0.5, 0.6) is 5.75 Å². The van der Waals surface area contributed by atoms with Crippen LogP contribution in [0.25, 0.3) is 10.9 Å². The number of Topliss-reactive ketones (excluding diaryl/α,β-unsaturated/α-hetero) is 1. The fraction of sp³-hybridized carbons (Fsp3) is 0.600. The van der Waals surface area contributed by atoms with Crippen molar-refractivity contribution >= 4 is 46.1 Å². The van der Waals surface area contributed by atoms with Crippen molar-refractivity contribution in [2.45, 2.75) is 108 Å². The van der Waals surface area contributed by atoms with Crippen molar-refractivity contribution in [3.63, 3.8) is 0 Å². The van der Waals surface area contributed by atoms with E-state index in [0.717, 1.165) is 44.4 Å². The summed E-state index contributed by atoms with van der Waals surface area (Å²) in [5, 5.41) is 27.3. The van der Waals surface area contributed by atoms with Gasteiger partial charge >= 0.3 is 17.9 Å². The number of fused-ring (bicyclic) bond motifs is 7. The average molecular weight is 932 g/mol. The van der Waals surface area contributed by atoms with Crippen LogP contribution in [0.1, 0.15) is 95.0 Å². The number of aliphatic hydroxyl groups excluding tert-OH is 1. The Hall–Kier alpha value is -5.26. The summed E-state index contributed by atoms with van der Waals surface area (Å²) in [5.41, 5.74) is -6.33. The molecule has 3 N–H and O–H groups in total. The minimum Gasteiger partial charge on any atom is -0.492 e. The fourth-order valence-electron chi connectivity index (χ4n) is 13.0. The highest BCUT2D eigenvalue weighted by Crippen LogP contribution is 2.70. The van der Waals surface area contributed by atoms with E-state index >= 15 is 8.78 Å². The number of aromatic nitrogens is 1. The molecule has 1 aromatic carbocycles. The quantitative estimate of drug-likeness (QED) is 0.107. The zero-order valence-electron chi connectivity index (χ0n) is 38.3. The number of aliphatic hydroxyl groups is 2. The molecule has 1 aromatic heterocycles. The molecule has 4 saturated carbocycles. The highest BCUT2D eigenvalue weighted by Gasteiger charge is 2.75. The number of carbonyl (C=O) groups is 5. The maximum absolute atomic E-state index is 17.5. The minimum absolute atomic E-state index is 0.00578. The first kappa shape index (κ1) is 46.8. The molecule has 0 radical (unpaired) electrons. The molecule has 15 nitrogen and oxygen atoms in total. The number of piperidine rings is 1. The van der Waals surface area contributed by atoms with E-state index in [9.17, 15) is 39.0 Å². The molecule has 0 bridgehead atoms. The molecule has 0 spiro atoms. The van der Waals surface area contributed by atoms with Gasteiger partial charge in [-0.1, -0.05) is 25.5 Å². The van der Waals surface area contributed by atoms with Crippen molar-refractivity contribution in [1.82, 2.24) is 9.88 Å². The van der Waals surface area contributed by atoms with E-state index in [4.69, 9.17) is 18.9 Å². The molecule has 2 aliphatic heterocycles. The van der Waals surface area contributed by atoms with E-state index in [1.165, 1.54) is 37.6 Å². The first-order valence-electron chi connectivity index (χ1n) is 23.6. The van der Waals surface area contributed by atoms with Gasteiger partial charge in [0.25, 0.3) is 0 Å². The van der Waals surface area contributed by atoms with Crippen molar-refractivity contribution < 1.29 is 61.9 Å². The van der Waals surface area contributed by atoms with Crippen LogP contribution >= 0.6 is 0 Å². The molecule has 5 aliphatic carbocycles. The number of nitrogens with zero attached hydrogens (tertiary/aromatic N) is 2. The number of allylic oxidation sites excluding steroid dienone is 4. The second-order valence-corrected chi connectivity index (χ2v) is 20.2. The van der Waals surface area contributed by atoms with Gasteiger partial charge < -0.3 is 43.9 Å². The molecule has 0 amide bonds. The predicted octanol–water partition coefficient (Wildman–Crippen LogP) is 4.78. The van der Waals surface area contributed by atoms with Crippen LogP contribution in [0.4, 0.5) is 14.5 Å². The van der Waals surface area contributed by atoms with E-state index in [1.807, 2.05) is 4.90 Å². The summed E-state index contributed by atoms with van der Waals surface area (Å²) in [6.45, 7) is 5.93. The summed E-state index contributed by atoms with van der Waals surface area (Å²) >= 11 is 0. The average Bonchev–Trinajstić information content (AvgIpc) is 4.02. The van der Waals surface area contributed by atoms with Gasteiger partial charge in [-0.2, -0.15) is 0 Å². The first-order valence-corrected chi connectivity index (χ1v) is 23.6. The highest BCUT2D eigenvalue weighted by atomic mass is 19.1. The summed E-state index contributed by atoms with van der Waals surface area (Å²) in [5.74, 6) is -5.84. The molecule has 17 heteroatoms. The van der Waals surface area contributed by atoms with Gasteiger partial charge in [0.05, 0.1) is 37.3 Å². The highest BCUT2D eigenvalue weighted by molar-refractivity contribution is 6.01. The van der Waals surface area contributed by atoms with Gasteiger partial charge in [0, 0.05) is 66.7 Å². The lowest BCUT2D eigenvalue weighted by Crippen LogP contribution is -2.69. The van der Waals surface area contributed by atoms with E-state index in [0.29, 0.717) is 48.6 Å². The van der Waals surface area contributed by atoms with Crippen LogP contribution in [0.3, 0.4) is 0 Å². The van der Waals surface area contributed by atoms with Gasteiger partial charge in [-0.25, -0.2) is 23.2 Å². The Morgan fingerprint density at radius 3 is 2.45 bits per heavy atom. The number of pyridine rings is 1. The number of esters is 3. The molecule has 0 unspecified atom stereocenters. The number of hydrogen-bond acceptors (Lipinski definition) is 14. The van der Waals surface area contributed by atoms with Crippen LogP contribution in [0, 0.1) is 40.3 Å². The first-order chi connectivity index (χ1) is 31.9. The van der Waals surface area contributed by atoms with Crippen molar-refractivity contribution in [3.05, 3.63) is 69.8 Å². The Morgan fingerprint density at radius 2 is 1.73 bits per heavy atom. The van der Waals surface area contributed by atoms with Crippen molar-refractivity contribution in [2.24, 2.45) is 34.5 Å². The van der Waals surface area contributed by atoms with Gasteiger partial charge in [-0.15, -0.1) is 0 Å². The lowest BCUT2D eigenvalue weighted by molar-refractivity contribution is -0.219. The number of carbonyl (C=O) groups excluding carboxylic acids is 5. The van der Waals surface area contributed by atoms with E-state index in [-0.39, 0.29) is 67.0 Å². The van der Waals surface area contributed by atoms with Crippen LogP contribution in [0.2, 0.25) is 0 Å². The third-order valence-electron chi connectivity index (χ3n) is 16.6. The monoisotopic (exact) mass is 931 g/mol. The number of ether oxygens (including phenoxy) is 4. The molecule has 360 valence electrons. The summed E-state index contributed by atoms with van der Waals surface area (Å²) in [4.78, 5) is 80.1. The molecule has 6 fully saturated rings. The molecule has 2 aromatic rings. The van der Waals surface area contributed by atoms with Crippen molar-refractivity contribution in [1.29, 1.82) is 0 Å². The molecule has 9 rings (SSSR count). The maximum Gasteiger partial charge on any atom is 0.343 e. The zero-order chi connectivity index (χ0) is 47.8. The Balaban J connectivity index is 0.772. The summed E-state index contributed by atoms with van der Waals surface area (Å²) in [7, 11) is 1.45. The lowest BCUT2D eigenvalue weighted by atomic mass is 9.44. The molecule has 2 saturated heterocycles. The second-order valence-electron chi connectivity index (χ2n) is 20.2. The Labute approximate surface area is 386 Å². The fourth-order valence-corrected chi connectivity index (χ4v) is 13.0. The van der Waals surface area contributed by atoms with Gasteiger partial charge in [-0.05, 0) is 101 Å². The Morgan fingerprint density at radius 1 is 1.00 bits per heavy atom. The number of halogens is 2. The number of benzene rings is 1. The summed E-state index contributed by atoms with van der Waals surface area (Å²) < 4.78 is 56.8. The van der Waals surface area contributed by atoms with E-state index in [1.54, 1.807) is 25.3 Å². The lowest BCUT2D eigenvalue weighted by Gasteiger charge is -2.62. The zero-order valence-corrected chi connectivity index (χ0v) is 38.3. The number of nitrogens with one attached hydrogen (secondary N) is 1. The third-order valence-corrected chi connectivity index (χ3v) is 16.6. The van der Waals surface area contributed by atoms with Crippen LogP contribution in [-0.2, 0) is 33.4 Å². The van der Waals surface area contributed by atoms with Gasteiger partial charge in [0.15, 0.2) is 29.6 Å². The summed E-state index contributed by atoms with van der Waals surface area (Å²) in [6.07, 6.45) is 10.3. The minimum atomic E-state index is -2.14. The molecular formula is C50H59F2N3O12. The largest absolute Gasteiger partial charge is 0.492 e. The number of ketones is 2. The standard InChI is InChI=1S/C50H59F2N3O12/c1-27-19-35-34-11-8-29-20-31(56)14-15-47(29,2)49(34,52)38(57)22-48(35,3)50(27,63)39(58)26-67-41(60)13-12-40(59)65-17-6-18-66-46(62)33-24-55(30-9-10-30)42-32(44(33)61)21-36(51)43(45(42)64-4)54-23-28-7-5-16-53-37(28)25-54/h12-15,20-21,24,27-28,30,34-35,37-38,53,57,63H,5-11,16-19,22-23,25-26H2,1-4H3/t27-,28-,34+,35+,37+,38+,47+,48+,49+,50+/m1/s1. The topological polar surface area (TPSA) is 200 Å². The number of rotatable bonds is 13. The number of alkyl halides is 1. The third kappa shape index (κ3) is 7.54. The van der Waals surface area contributed by atoms with Crippen LogP contribution < -0.4 is 20.4 Å². The second kappa shape index (κ2) is 17.4. The number of anilines is 1.